The fourth-order valence-corrected chi connectivity index (χ4v) is 6.99. The molecule has 0 bridgehead atoms. The molecule has 4 N–H and O–H groups in total. The number of piperidine rings is 1. The molecule has 14 nitrogen and oxygen atoms in total. The Bertz CT molecular complexity index is 1760. The molecule has 0 spiro atoms. The summed E-state index contributed by atoms with van der Waals surface area (Å²) < 4.78 is 13.5. The number of fused-ring (bicyclic) bond motifs is 1. The first kappa shape index (κ1) is 32.4. The fraction of sp³-hybridized carbons (Fsp3) is 0.531. The lowest BCUT2D eigenvalue weighted by molar-refractivity contribution is 0.0468. The van der Waals surface area contributed by atoms with Gasteiger partial charge in [0.15, 0.2) is 10.7 Å². The minimum absolute atomic E-state index is 0.0299. The van der Waals surface area contributed by atoms with Crippen molar-refractivity contribution in [3.8, 4) is 17.1 Å². The van der Waals surface area contributed by atoms with Crippen molar-refractivity contribution >= 4 is 40.4 Å². The summed E-state index contributed by atoms with van der Waals surface area (Å²) in [5.41, 5.74) is 9.58. The molecule has 0 unspecified atom stereocenters. The first-order valence-corrected chi connectivity index (χ1v) is 16.9. The number of aromatic nitrogens is 6. The van der Waals surface area contributed by atoms with Gasteiger partial charge in [-0.25, -0.2) is 19.3 Å². The molecule has 0 radical (unpaired) electrons. The van der Waals surface area contributed by atoms with E-state index < -0.39 is 11.7 Å². The van der Waals surface area contributed by atoms with Crippen molar-refractivity contribution in [3.63, 3.8) is 0 Å². The highest BCUT2D eigenvalue weighted by Gasteiger charge is 2.30. The van der Waals surface area contributed by atoms with Crippen molar-refractivity contribution in [1.29, 1.82) is 0 Å². The highest BCUT2D eigenvalue weighted by Crippen LogP contribution is 2.35. The molecule has 6 rings (SSSR count). The van der Waals surface area contributed by atoms with Crippen LogP contribution in [0.1, 0.15) is 79.7 Å². The Labute approximate surface area is 277 Å². The Hall–Kier alpha value is -4.53. The number of nitrogens with two attached hydrogens (primary N) is 1. The Morgan fingerprint density at radius 3 is 2.62 bits per heavy atom. The highest BCUT2D eigenvalue weighted by atomic mass is 32.1. The number of thiazole rings is 1. The molecule has 0 aromatic carbocycles. The summed E-state index contributed by atoms with van der Waals surface area (Å²) in [4.78, 5) is 37.7. The topological polar surface area (TPSA) is 175 Å². The minimum Gasteiger partial charge on any atom is -0.473 e. The SMILES string of the molecule is Cc1cc(-c2ncnn3ccc(N4CCC[C@@H](NC(=O)c5sc(C)nc5OC5CCC(NC(=O)OC(C)(C)C)CC5)C4)c23)c(N)nn1. The Balaban J connectivity index is 1.11. The summed E-state index contributed by atoms with van der Waals surface area (Å²) in [5, 5.41) is 19.6. The summed E-state index contributed by atoms with van der Waals surface area (Å²) in [6.45, 7) is 10.7. The lowest BCUT2D eigenvalue weighted by atomic mass is 9.93. The average Bonchev–Trinajstić information content (AvgIpc) is 3.62. The zero-order valence-electron chi connectivity index (χ0n) is 27.4. The molecule has 2 aliphatic rings. The van der Waals surface area contributed by atoms with Gasteiger partial charge in [-0.2, -0.15) is 10.2 Å². The van der Waals surface area contributed by atoms with Crippen LogP contribution in [0.5, 0.6) is 5.88 Å². The van der Waals surface area contributed by atoms with Gasteiger partial charge in [0.05, 0.1) is 16.4 Å². The molecule has 2 amide bonds. The third kappa shape index (κ3) is 7.56. The molecule has 4 aromatic rings. The molecule has 47 heavy (non-hydrogen) atoms. The standard InChI is InChI=1S/C32H42N10O4S/c1-18-15-23(28(33)40-39-18)25-26-24(12-14-42(26)35-17-34-25)41-13-6-7-21(16-41)37-29(43)27-30(36-19(2)47-27)45-22-10-8-20(9-11-22)38-31(44)46-32(3,4)5/h12,14-15,17,20-22H,6-11,13,16H2,1-5H3,(H2,33,40)(H,37,43)(H,38,44)/t20?,21-,22?/m1/s1. The van der Waals surface area contributed by atoms with E-state index in [2.05, 4.69) is 40.8 Å². The number of anilines is 2. The largest absolute Gasteiger partial charge is 0.473 e. The maximum atomic E-state index is 13.6. The Kier molecular flexibility index (Phi) is 9.17. The van der Waals surface area contributed by atoms with Crippen LogP contribution in [0.3, 0.4) is 0 Å². The van der Waals surface area contributed by atoms with Crippen LogP contribution in [0.2, 0.25) is 0 Å². The van der Waals surface area contributed by atoms with E-state index in [1.807, 2.05) is 52.9 Å². The van der Waals surface area contributed by atoms with Gasteiger partial charge in [0, 0.05) is 36.9 Å². The summed E-state index contributed by atoms with van der Waals surface area (Å²) in [5.74, 6) is 0.491. The second-order valence-corrected chi connectivity index (χ2v) is 14.5. The average molecular weight is 663 g/mol. The van der Waals surface area contributed by atoms with Crippen molar-refractivity contribution in [2.45, 2.75) is 96.9 Å². The van der Waals surface area contributed by atoms with Crippen LogP contribution < -0.4 is 26.0 Å². The number of ether oxygens (including phenoxy) is 2. The molecule has 5 heterocycles. The van der Waals surface area contributed by atoms with E-state index in [4.69, 9.17) is 15.2 Å². The van der Waals surface area contributed by atoms with Crippen molar-refractivity contribution in [1.82, 2.24) is 40.4 Å². The molecule has 1 saturated carbocycles. The number of hydrogen-bond acceptors (Lipinski definition) is 12. The third-order valence-corrected chi connectivity index (χ3v) is 9.26. The van der Waals surface area contributed by atoms with Gasteiger partial charge >= 0.3 is 6.09 Å². The second-order valence-electron chi connectivity index (χ2n) is 13.3. The van der Waals surface area contributed by atoms with E-state index in [1.54, 1.807) is 4.52 Å². The van der Waals surface area contributed by atoms with E-state index in [9.17, 15) is 9.59 Å². The van der Waals surface area contributed by atoms with Crippen molar-refractivity contribution < 1.29 is 19.1 Å². The van der Waals surface area contributed by atoms with Crippen LogP contribution in [0.25, 0.3) is 16.8 Å². The normalized spacial score (nSPS) is 20.2. The summed E-state index contributed by atoms with van der Waals surface area (Å²) in [6, 6.07) is 3.84. The quantitative estimate of drug-likeness (QED) is 0.255. The Morgan fingerprint density at radius 1 is 1.06 bits per heavy atom. The molecule has 1 saturated heterocycles. The highest BCUT2D eigenvalue weighted by molar-refractivity contribution is 7.13. The zero-order chi connectivity index (χ0) is 33.3. The van der Waals surface area contributed by atoms with Gasteiger partial charge in [-0.15, -0.1) is 16.4 Å². The number of aryl methyl sites for hydroxylation is 2. The molecule has 1 atom stereocenters. The number of carbonyl (C=O) groups is 2. The molecule has 4 aromatic heterocycles. The van der Waals surface area contributed by atoms with E-state index in [0.717, 1.165) is 67.0 Å². The number of hydrogen-bond donors (Lipinski definition) is 3. The number of nitrogens with one attached hydrogen (secondary N) is 2. The van der Waals surface area contributed by atoms with E-state index in [-0.39, 0.29) is 24.1 Å². The summed E-state index contributed by atoms with van der Waals surface area (Å²) >= 11 is 1.34. The van der Waals surface area contributed by atoms with E-state index in [0.29, 0.717) is 34.4 Å². The number of nitrogens with zero attached hydrogens (tertiary/aromatic N) is 7. The lowest BCUT2D eigenvalue weighted by Gasteiger charge is -2.34. The molecule has 250 valence electrons. The monoisotopic (exact) mass is 662 g/mol. The number of nitrogen functional groups attached to an aromatic ring is 1. The van der Waals surface area contributed by atoms with Crippen LogP contribution in [0.4, 0.5) is 16.3 Å². The lowest BCUT2D eigenvalue weighted by Crippen LogP contribution is -2.47. The van der Waals surface area contributed by atoms with E-state index >= 15 is 0 Å². The van der Waals surface area contributed by atoms with Gasteiger partial charge in [0.2, 0.25) is 5.88 Å². The van der Waals surface area contributed by atoms with Crippen molar-refractivity contribution in [2.24, 2.45) is 0 Å². The molecule has 2 fully saturated rings. The fourth-order valence-electron chi connectivity index (χ4n) is 6.23. The number of rotatable bonds is 7. The second kappa shape index (κ2) is 13.3. The molecule has 15 heteroatoms. The van der Waals surface area contributed by atoms with Gasteiger partial charge in [-0.1, -0.05) is 0 Å². The van der Waals surface area contributed by atoms with Gasteiger partial charge in [-0.05, 0) is 85.3 Å². The first-order valence-electron chi connectivity index (χ1n) is 16.1. The maximum Gasteiger partial charge on any atom is 0.407 e. The third-order valence-electron chi connectivity index (χ3n) is 8.31. The van der Waals surface area contributed by atoms with Crippen LogP contribution in [-0.2, 0) is 4.74 Å². The number of carbonyl (C=O) groups excluding carboxylic acids is 2. The Morgan fingerprint density at radius 2 is 1.85 bits per heavy atom. The van der Waals surface area contributed by atoms with Gasteiger partial charge < -0.3 is 30.7 Å². The van der Waals surface area contributed by atoms with Gasteiger partial charge in [-0.3, -0.25) is 4.79 Å². The zero-order valence-corrected chi connectivity index (χ0v) is 28.3. The summed E-state index contributed by atoms with van der Waals surface area (Å²) in [6.07, 6.45) is 7.68. The minimum atomic E-state index is -0.540. The van der Waals surface area contributed by atoms with Crippen LogP contribution in [0.15, 0.2) is 24.7 Å². The smallest absolute Gasteiger partial charge is 0.407 e. The first-order chi connectivity index (χ1) is 22.4. The van der Waals surface area contributed by atoms with Crippen LogP contribution in [-0.4, -0.2) is 78.7 Å². The molecular formula is C32H42N10O4S. The van der Waals surface area contributed by atoms with Crippen LogP contribution in [0, 0.1) is 13.8 Å². The number of amides is 2. The van der Waals surface area contributed by atoms with Gasteiger partial charge in [0.25, 0.3) is 5.91 Å². The predicted octanol–water partition coefficient (Wildman–Crippen LogP) is 4.46. The van der Waals surface area contributed by atoms with Crippen LogP contribution >= 0.6 is 11.3 Å². The van der Waals surface area contributed by atoms with Crippen molar-refractivity contribution in [3.05, 3.63) is 40.2 Å². The van der Waals surface area contributed by atoms with Crippen molar-refractivity contribution in [2.75, 3.05) is 23.7 Å². The maximum absolute atomic E-state index is 13.6. The predicted molar refractivity (Wildman–Crippen MR) is 179 cm³/mol. The summed E-state index contributed by atoms with van der Waals surface area (Å²) in [7, 11) is 0. The van der Waals surface area contributed by atoms with E-state index in [1.165, 1.54) is 17.7 Å². The molecular weight excluding hydrogens is 620 g/mol. The molecule has 1 aliphatic heterocycles. The molecule has 1 aliphatic carbocycles. The van der Waals surface area contributed by atoms with Gasteiger partial charge in [0.1, 0.15) is 29.2 Å². The number of alkyl carbamates (subject to hydrolysis) is 1.